The summed E-state index contributed by atoms with van der Waals surface area (Å²) in [6, 6.07) is 22.4. The van der Waals surface area contributed by atoms with Crippen LogP contribution in [0.5, 0.6) is 0 Å². The first-order chi connectivity index (χ1) is 20.3. The van der Waals surface area contributed by atoms with Gasteiger partial charge in [0.2, 0.25) is 0 Å². The van der Waals surface area contributed by atoms with Crippen molar-refractivity contribution in [2.45, 2.75) is 44.4 Å². The molecule has 5 unspecified atom stereocenters. The maximum absolute atomic E-state index is 11.6. The molecule has 1 N–H and O–H groups in total. The van der Waals surface area contributed by atoms with Crippen LogP contribution in [0.2, 0.25) is 0 Å². The zero-order valence-corrected chi connectivity index (χ0v) is 25.4. The molecule has 5 atom stereocenters. The Kier molecular flexibility index (Phi) is 10.2. The van der Waals surface area contributed by atoms with Crippen LogP contribution >= 0.6 is 0 Å². The van der Waals surface area contributed by atoms with E-state index in [2.05, 4.69) is 75.8 Å². The van der Waals surface area contributed by atoms with Crippen LogP contribution < -0.4 is 5.32 Å². The number of piperidine rings is 1. The lowest BCUT2D eigenvalue weighted by atomic mass is 9.69. The number of nitrogens with zero attached hydrogens (tertiary/aromatic N) is 2. The van der Waals surface area contributed by atoms with E-state index in [1.165, 1.54) is 11.1 Å². The minimum atomic E-state index is -0.503. The van der Waals surface area contributed by atoms with E-state index in [1.54, 1.807) is 0 Å². The molecular formula is C33H47N3O6. The molecule has 0 saturated carbocycles. The molecule has 4 saturated heterocycles. The Labute approximate surface area is 250 Å². The minimum absolute atomic E-state index is 0.0175. The molecule has 4 fully saturated rings. The third kappa shape index (κ3) is 7.33. The van der Waals surface area contributed by atoms with Crippen LogP contribution in [0.4, 0.5) is 4.79 Å². The molecule has 0 spiro atoms. The molecule has 4 heterocycles. The summed E-state index contributed by atoms with van der Waals surface area (Å²) in [5.41, 5.74) is 2.42. The Morgan fingerprint density at radius 1 is 0.833 bits per heavy atom. The summed E-state index contributed by atoms with van der Waals surface area (Å²) < 4.78 is 28.2. The molecule has 4 aliphatic rings. The van der Waals surface area contributed by atoms with Crippen molar-refractivity contribution in [1.29, 1.82) is 0 Å². The van der Waals surface area contributed by atoms with Crippen LogP contribution in [0.25, 0.3) is 0 Å². The fourth-order valence-electron chi connectivity index (χ4n) is 6.93. The molecule has 2 aromatic rings. The Morgan fingerprint density at radius 2 is 1.43 bits per heavy atom. The Bertz CT molecular complexity index is 1130. The monoisotopic (exact) mass is 581 g/mol. The molecule has 1 amide bonds. The van der Waals surface area contributed by atoms with Crippen LogP contribution in [0.15, 0.2) is 60.7 Å². The third-order valence-corrected chi connectivity index (χ3v) is 8.27. The molecule has 0 aliphatic carbocycles. The van der Waals surface area contributed by atoms with E-state index in [1.807, 2.05) is 20.8 Å². The number of carbonyl (C=O) groups is 1. The SMILES string of the molecule is CC(C)(C)OC(=O)NCCOCCOCCOCCOCC12CN3CN(C1)C(c1ccccc1)(C2)C3c1ccccc1. The van der Waals surface area contributed by atoms with Crippen LogP contribution in [0.1, 0.15) is 44.4 Å². The number of alkyl carbamates (subject to hydrolysis) is 1. The number of rotatable bonds is 16. The van der Waals surface area contributed by atoms with E-state index in [-0.39, 0.29) is 11.0 Å². The van der Waals surface area contributed by atoms with E-state index in [0.717, 1.165) is 32.8 Å². The van der Waals surface area contributed by atoms with Crippen molar-refractivity contribution in [2.24, 2.45) is 5.41 Å². The Balaban J connectivity index is 0.965. The van der Waals surface area contributed by atoms with E-state index in [0.29, 0.717) is 58.8 Å². The van der Waals surface area contributed by atoms with Gasteiger partial charge in [-0.1, -0.05) is 60.7 Å². The molecule has 230 valence electrons. The lowest BCUT2D eigenvalue weighted by molar-refractivity contribution is -0.0416. The fraction of sp³-hybridized carbons (Fsp3) is 0.606. The van der Waals surface area contributed by atoms with Crippen molar-refractivity contribution in [3.63, 3.8) is 0 Å². The average molecular weight is 582 g/mol. The van der Waals surface area contributed by atoms with Gasteiger partial charge in [-0.2, -0.15) is 0 Å². The van der Waals surface area contributed by atoms with Crippen LogP contribution in [-0.4, -0.2) is 101 Å². The fourth-order valence-corrected chi connectivity index (χ4v) is 6.93. The van der Waals surface area contributed by atoms with Crippen molar-refractivity contribution in [1.82, 2.24) is 15.1 Å². The van der Waals surface area contributed by atoms with Crippen molar-refractivity contribution >= 4 is 6.09 Å². The lowest BCUT2D eigenvalue weighted by Crippen LogP contribution is -2.51. The number of hydrogen-bond acceptors (Lipinski definition) is 8. The Hall–Kier alpha value is -2.53. The van der Waals surface area contributed by atoms with Gasteiger partial charge in [-0.05, 0) is 38.3 Å². The van der Waals surface area contributed by atoms with Crippen molar-refractivity contribution < 1.29 is 28.5 Å². The van der Waals surface area contributed by atoms with E-state index >= 15 is 0 Å². The second-order valence-corrected chi connectivity index (χ2v) is 12.7. The zero-order chi connectivity index (χ0) is 29.5. The van der Waals surface area contributed by atoms with E-state index in [4.69, 9.17) is 23.7 Å². The molecule has 0 radical (unpaired) electrons. The summed E-state index contributed by atoms with van der Waals surface area (Å²) in [5.74, 6) is 0. The second-order valence-electron chi connectivity index (χ2n) is 12.7. The van der Waals surface area contributed by atoms with Gasteiger partial charge in [0.25, 0.3) is 0 Å². The first-order valence-corrected chi connectivity index (χ1v) is 15.2. The summed E-state index contributed by atoms with van der Waals surface area (Å²) in [6.45, 7) is 13.3. The highest BCUT2D eigenvalue weighted by molar-refractivity contribution is 5.67. The maximum Gasteiger partial charge on any atom is 0.407 e. The van der Waals surface area contributed by atoms with Gasteiger partial charge in [0.15, 0.2) is 0 Å². The predicted molar refractivity (Wildman–Crippen MR) is 160 cm³/mol. The molecule has 9 heteroatoms. The number of amides is 1. The second kappa shape index (κ2) is 13.8. The van der Waals surface area contributed by atoms with Crippen LogP contribution in [-0.2, 0) is 29.2 Å². The summed E-state index contributed by atoms with van der Waals surface area (Å²) in [6.07, 6.45) is 0.669. The van der Waals surface area contributed by atoms with Gasteiger partial charge in [0.1, 0.15) is 5.60 Å². The number of carbonyl (C=O) groups excluding carboxylic acids is 1. The molecule has 42 heavy (non-hydrogen) atoms. The van der Waals surface area contributed by atoms with Gasteiger partial charge in [-0.15, -0.1) is 0 Å². The molecule has 0 aromatic heterocycles. The standard InChI is InChI=1S/C33H47N3O6/c1-31(2,3)42-30(37)34-14-15-38-16-17-39-18-19-40-20-21-41-25-32-22-33(28-12-8-5-9-13-28)29(27-10-6-4-7-11-27)35(23-32)26-36(33)24-32/h4-13,29H,14-26H2,1-3H3,(H,34,37). The Morgan fingerprint density at radius 3 is 2.07 bits per heavy atom. The van der Waals surface area contributed by atoms with Gasteiger partial charge >= 0.3 is 6.09 Å². The number of benzene rings is 2. The van der Waals surface area contributed by atoms with E-state index in [9.17, 15) is 4.79 Å². The highest BCUT2D eigenvalue weighted by Crippen LogP contribution is 2.64. The third-order valence-electron chi connectivity index (χ3n) is 8.27. The largest absolute Gasteiger partial charge is 0.444 e. The highest BCUT2D eigenvalue weighted by atomic mass is 16.6. The van der Waals surface area contributed by atoms with Crippen molar-refractivity contribution in [3.05, 3.63) is 71.8 Å². The van der Waals surface area contributed by atoms with Crippen molar-refractivity contribution in [2.75, 3.05) is 79.2 Å². The topological polar surface area (TPSA) is 81.7 Å². The first-order valence-electron chi connectivity index (χ1n) is 15.2. The summed E-state index contributed by atoms with van der Waals surface area (Å²) in [7, 11) is 0. The zero-order valence-electron chi connectivity index (χ0n) is 25.4. The smallest absolute Gasteiger partial charge is 0.407 e. The summed E-state index contributed by atoms with van der Waals surface area (Å²) in [5, 5.41) is 2.66. The van der Waals surface area contributed by atoms with Gasteiger partial charge in [-0.3, -0.25) is 9.80 Å². The molecule has 4 aliphatic heterocycles. The first kappa shape index (κ1) is 30.9. The van der Waals surface area contributed by atoms with Gasteiger partial charge < -0.3 is 29.0 Å². The van der Waals surface area contributed by atoms with Crippen LogP contribution in [0.3, 0.4) is 0 Å². The number of nitrogens with one attached hydrogen (secondary N) is 1. The predicted octanol–water partition coefficient (Wildman–Crippen LogP) is 4.19. The average Bonchev–Trinajstić information content (AvgIpc) is 3.33. The summed E-state index contributed by atoms with van der Waals surface area (Å²) in [4.78, 5) is 16.9. The van der Waals surface area contributed by atoms with E-state index < -0.39 is 11.7 Å². The van der Waals surface area contributed by atoms with Gasteiger partial charge in [0.05, 0.1) is 71.1 Å². The van der Waals surface area contributed by atoms with Gasteiger partial charge in [-0.25, -0.2) is 4.79 Å². The molecule has 6 rings (SSSR count). The molecule has 4 bridgehead atoms. The highest BCUT2D eigenvalue weighted by Gasteiger charge is 2.68. The quantitative estimate of drug-likeness (QED) is 0.296. The molecule has 2 aromatic carbocycles. The summed E-state index contributed by atoms with van der Waals surface area (Å²) >= 11 is 0. The van der Waals surface area contributed by atoms with Crippen molar-refractivity contribution in [3.8, 4) is 0 Å². The normalized spacial score (nSPS) is 27.8. The number of hydrogen-bond donors (Lipinski definition) is 1. The maximum atomic E-state index is 11.6. The minimum Gasteiger partial charge on any atom is -0.444 e. The van der Waals surface area contributed by atoms with Gasteiger partial charge in [0, 0.05) is 25.0 Å². The lowest BCUT2D eigenvalue weighted by Gasteiger charge is -2.46. The molecular weight excluding hydrogens is 534 g/mol. The molecule has 9 nitrogen and oxygen atoms in total. The van der Waals surface area contributed by atoms with Crippen LogP contribution in [0, 0.1) is 5.41 Å². The number of ether oxygens (including phenoxy) is 5.